The maximum atomic E-state index is 5.42. The maximum absolute atomic E-state index is 5.42. The molecule has 2 heteroatoms. The first-order valence-electron chi connectivity index (χ1n) is 6.71. The lowest BCUT2D eigenvalue weighted by Gasteiger charge is -2.13. The lowest BCUT2D eigenvalue weighted by Crippen LogP contribution is -1.94. The van der Waals surface area contributed by atoms with Crippen molar-refractivity contribution in [3.05, 3.63) is 54.1 Å². The fourth-order valence-electron chi connectivity index (χ4n) is 2.28. The predicted molar refractivity (Wildman–Crippen MR) is 84.5 cm³/mol. The summed E-state index contributed by atoms with van der Waals surface area (Å²) in [7, 11) is 3.29. The van der Waals surface area contributed by atoms with Gasteiger partial charge >= 0.3 is 0 Å². The van der Waals surface area contributed by atoms with Crippen LogP contribution in [-0.4, -0.2) is 14.2 Å². The summed E-state index contributed by atoms with van der Waals surface area (Å²) in [6, 6.07) is 12.6. The molecular formula is C18H20O2. The van der Waals surface area contributed by atoms with E-state index in [9.17, 15) is 0 Å². The van der Waals surface area contributed by atoms with Crippen LogP contribution in [0.1, 0.15) is 18.1 Å². The molecule has 0 spiro atoms. The molecule has 2 rings (SSSR count). The molecular weight excluding hydrogens is 248 g/mol. The Balaban J connectivity index is 2.59. The molecule has 0 heterocycles. The number of ether oxygens (including phenoxy) is 2. The van der Waals surface area contributed by atoms with E-state index in [1.165, 1.54) is 11.1 Å². The van der Waals surface area contributed by atoms with Gasteiger partial charge in [-0.25, -0.2) is 0 Å². The number of rotatable bonds is 5. The molecule has 0 N–H and O–H groups in total. The second-order valence-corrected chi connectivity index (χ2v) is 4.56. The van der Waals surface area contributed by atoms with Crippen LogP contribution in [0.15, 0.2) is 43.0 Å². The van der Waals surface area contributed by atoms with Gasteiger partial charge in [0.2, 0.25) is 0 Å². The summed E-state index contributed by atoms with van der Waals surface area (Å²) >= 11 is 0. The average Bonchev–Trinajstić information content (AvgIpc) is 2.53. The SMILES string of the molecule is C=Cc1cc(-c2cccc(CC)c2)cc(OC)c1OC. The van der Waals surface area contributed by atoms with E-state index < -0.39 is 0 Å². The molecule has 0 aliphatic rings. The Bertz CT molecular complexity index is 615. The Hall–Kier alpha value is -2.22. The zero-order valence-corrected chi connectivity index (χ0v) is 12.3. The highest BCUT2D eigenvalue weighted by Crippen LogP contribution is 2.37. The van der Waals surface area contributed by atoms with Crippen molar-refractivity contribution in [1.82, 2.24) is 0 Å². The largest absolute Gasteiger partial charge is 0.493 e. The standard InChI is InChI=1S/C18H20O2/c1-5-13-8-7-9-15(10-13)16-11-14(6-2)18(20-4)17(12-16)19-3/h6-12H,2,5H2,1,3-4H3. The van der Waals surface area contributed by atoms with Gasteiger partial charge in [-0.05, 0) is 35.2 Å². The summed E-state index contributed by atoms with van der Waals surface area (Å²) in [6.07, 6.45) is 2.81. The molecule has 0 atom stereocenters. The third-order valence-corrected chi connectivity index (χ3v) is 3.40. The van der Waals surface area contributed by atoms with Gasteiger partial charge in [-0.2, -0.15) is 0 Å². The summed E-state index contributed by atoms with van der Waals surface area (Å²) < 4.78 is 10.8. The fourth-order valence-corrected chi connectivity index (χ4v) is 2.28. The van der Waals surface area contributed by atoms with Crippen molar-refractivity contribution in [2.45, 2.75) is 13.3 Å². The summed E-state index contributed by atoms with van der Waals surface area (Å²) in [5, 5.41) is 0. The molecule has 0 amide bonds. The van der Waals surface area contributed by atoms with Crippen molar-refractivity contribution in [2.75, 3.05) is 14.2 Å². The molecule has 0 unspecified atom stereocenters. The third kappa shape index (κ3) is 2.69. The molecule has 0 aliphatic heterocycles. The number of hydrogen-bond donors (Lipinski definition) is 0. The molecule has 0 radical (unpaired) electrons. The number of methoxy groups -OCH3 is 2. The maximum Gasteiger partial charge on any atom is 0.167 e. The second-order valence-electron chi connectivity index (χ2n) is 4.56. The van der Waals surface area contributed by atoms with E-state index in [4.69, 9.17) is 9.47 Å². The lowest BCUT2D eigenvalue weighted by atomic mass is 9.99. The Kier molecular flexibility index (Phi) is 4.46. The normalized spacial score (nSPS) is 10.2. The first-order valence-corrected chi connectivity index (χ1v) is 6.71. The van der Waals surface area contributed by atoms with Gasteiger partial charge in [0.15, 0.2) is 11.5 Å². The van der Waals surface area contributed by atoms with Crippen molar-refractivity contribution >= 4 is 6.08 Å². The number of hydrogen-bond acceptors (Lipinski definition) is 2. The molecule has 0 bridgehead atoms. The number of benzene rings is 2. The summed E-state index contributed by atoms with van der Waals surface area (Å²) in [4.78, 5) is 0. The summed E-state index contributed by atoms with van der Waals surface area (Å²) in [5.74, 6) is 1.44. The van der Waals surface area contributed by atoms with E-state index in [1.807, 2.05) is 6.07 Å². The van der Waals surface area contributed by atoms with Gasteiger partial charge in [0.25, 0.3) is 0 Å². The minimum Gasteiger partial charge on any atom is -0.493 e. The molecule has 0 aliphatic carbocycles. The van der Waals surface area contributed by atoms with Crippen LogP contribution in [0.25, 0.3) is 17.2 Å². The molecule has 104 valence electrons. The van der Waals surface area contributed by atoms with Crippen LogP contribution in [-0.2, 0) is 6.42 Å². The smallest absolute Gasteiger partial charge is 0.167 e. The van der Waals surface area contributed by atoms with Crippen molar-refractivity contribution in [3.8, 4) is 22.6 Å². The quantitative estimate of drug-likeness (QED) is 0.790. The minimum atomic E-state index is 0.720. The van der Waals surface area contributed by atoms with Gasteiger partial charge in [0.1, 0.15) is 0 Å². The number of aryl methyl sites for hydroxylation is 1. The first kappa shape index (κ1) is 14.2. The van der Waals surface area contributed by atoms with Crippen molar-refractivity contribution in [1.29, 1.82) is 0 Å². The highest BCUT2D eigenvalue weighted by atomic mass is 16.5. The minimum absolute atomic E-state index is 0.720. The summed E-state index contributed by atoms with van der Waals surface area (Å²) in [6.45, 7) is 6.00. The van der Waals surface area contributed by atoms with Crippen molar-refractivity contribution in [3.63, 3.8) is 0 Å². The lowest BCUT2D eigenvalue weighted by molar-refractivity contribution is 0.354. The Morgan fingerprint density at radius 2 is 1.85 bits per heavy atom. The topological polar surface area (TPSA) is 18.5 Å². The molecule has 0 aromatic heterocycles. The van der Waals surface area contributed by atoms with Crippen LogP contribution in [0.3, 0.4) is 0 Å². The molecule has 2 nitrogen and oxygen atoms in total. The van der Waals surface area contributed by atoms with Crippen LogP contribution >= 0.6 is 0 Å². The monoisotopic (exact) mass is 268 g/mol. The van der Waals surface area contributed by atoms with Crippen LogP contribution in [0.4, 0.5) is 0 Å². The van der Waals surface area contributed by atoms with Gasteiger partial charge < -0.3 is 9.47 Å². The molecule has 0 saturated carbocycles. The fraction of sp³-hybridized carbons (Fsp3) is 0.222. The van der Waals surface area contributed by atoms with E-state index >= 15 is 0 Å². The van der Waals surface area contributed by atoms with Crippen molar-refractivity contribution < 1.29 is 9.47 Å². The van der Waals surface area contributed by atoms with Crippen LogP contribution in [0.2, 0.25) is 0 Å². The highest BCUT2D eigenvalue weighted by molar-refractivity contribution is 5.74. The van der Waals surface area contributed by atoms with Gasteiger partial charge in [-0.15, -0.1) is 0 Å². The average molecular weight is 268 g/mol. The van der Waals surface area contributed by atoms with Gasteiger partial charge in [-0.1, -0.05) is 43.8 Å². The molecule has 0 fully saturated rings. The molecule has 2 aromatic carbocycles. The Morgan fingerprint density at radius 1 is 1.05 bits per heavy atom. The van der Waals surface area contributed by atoms with E-state index in [-0.39, 0.29) is 0 Å². The second kappa shape index (κ2) is 6.29. The molecule has 2 aromatic rings. The van der Waals surface area contributed by atoms with Gasteiger partial charge in [0, 0.05) is 5.56 Å². The predicted octanol–water partition coefficient (Wildman–Crippen LogP) is 4.58. The zero-order valence-electron chi connectivity index (χ0n) is 12.3. The van der Waals surface area contributed by atoms with Crippen LogP contribution < -0.4 is 9.47 Å². The van der Waals surface area contributed by atoms with E-state index in [2.05, 4.69) is 43.8 Å². The van der Waals surface area contributed by atoms with E-state index in [0.717, 1.165) is 29.0 Å². The first-order chi connectivity index (χ1) is 9.73. The van der Waals surface area contributed by atoms with E-state index in [1.54, 1.807) is 20.3 Å². The Morgan fingerprint density at radius 3 is 2.45 bits per heavy atom. The van der Waals surface area contributed by atoms with Gasteiger partial charge in [0.05, 0.1) is 14.2 Å². The molecule has 20 heavy (non-hydrogen) atoms. The van der Waals surface area contributed by atoms with Crippen LogP contribution in [0.5, 0.6) is 11.5 Å². The third-order valence-electron chi connectivity index (χ3n) is 3.40. The zero-order chi connectivity index (χ0) is 14.5. The Labute approximate surface area is 120 Å². The van der Waals surface area contributed by atoms with Crippen LogP contribution in [0, 0.1) is 0 Å². The van der Waals surface area contributed by atoms with Gasteiger partial charge in [-0.3, -0.25) is 0 Å². The summed E-state index contributed by atoms with van der Waals surface area (Å²) in [5.41, 5.74) is 4.53. The van der Waals surface area contributed by atoms with E-state index in [0.29, 0.717) is 0 Å². The highest BCUT2D eigenvalue weighted by Gasteiger charge is 2.11. The van der Waals surface area contributed by atoms with Crippen molar-refractivity contribution in [2.24, 2.45) is 0 Å². The molecule has 0 saturated heterocycles.